The molecule has 0 radical (unpaired) electrons. The van der Waals surface area contributed by atoms with Crippen molar-refractivity contribution < 1.29 is 19.8 Å². The molecule has 0 bridgehead atoms. The zero-order valence-corrected chi connectivity index (χ0v) is 11.0. The molecule has 0 amide bonds. The summed E-state index contributed by atoms with van der Waals surface area (Å²) < 4.78 is 0. The molecule has 0 unspecified atom stereocenters. The molecule has 0 aliphatic heterocycles. The Balaban J connectivity index is 0.000000366. The first-order valence-corrected chi connectivity index (χ1v) is 5.72. The monoisotopic (exact) mass is 245 g/mol. The highest BCUT2D eigenvalue weighted by atomic mass is 16.4. The van der Waals surface area contributed by atoms with E-state index >= 15 is 0 Å². The van der Waals surface area contributed by atoms with Gasteiger partial charge in [0.2, 0.25) is 0 Å². The van der Waals surface area contributed by atoms with Crippen LogP contribution in [0.3, 0.4) is 0 Å². The van der Waals surface area contributed by atoms with Crippen molar-refractivity contribution in [1.29, 1.82) is 0 Å². The number of carboxylic acids is 2. The SMILES string of the molecule is CC1(C)CCCC(C)(C)C1N.O=C(O)C(=O)O. The summed E-state index contributed by atoms with van der Waals surface area (Å²) in [5.41, 5.74) is 6.89. The van der Waals surface area contributed by atoms with Gasteiger partial charge < -0.3 is 15.9 Å². The molecule has 17 heavy (non-hydrogen) atoms. The Hall–Kier alpha value is -1.10. The van der Waals surface area contributed by atoms with Gasteiger partial charge in [-0.25, -0.2) is 9.59 Å². The van der Waals surface area contributed by atoms with Gasteiger partial charge in [0, 0.05) is 6.04 Å². The Morgan fingerprint density at radius 1 is 1.00 bits per heavy atom. The molecule has 1 aliphatic carbocycles. The predicted molar refractivity (Wildman–Crippen MR) is 64.7 cm³/mol. The standard InChI is InChI=1S/C10H21N.C2H2O4/c1-9(2)6-5-7-10(3,4)8(9)11;3-1(4)2(5)6/h8H,5-7,11H2,1-4H3;(H,3,4)(H,5,6). The molecule has 0 aromatic carbocycles. The summed E-state index contributed by atoms with van der Waals surface area (Å²) >= 11 is 0. The molecule has 0 saturated heterocycles. The zero-order valence-electron chi connectivity index (χ0n) is 11.0. The van der Waals surface area contributed by atoms with E-state index in [9.17, 15) is 0 Å². The van der Waals surface area contributed by atoms with E-state index in [1.54, 1.807) is 0 Å². The van der Waals surface area contributed by atoms with E-state index in [4.69, 9.17) is 25.5 Å². The minimum atomic E-state index is -1.82. The van der Waals surface area contributed by atoms with Crippen LogP contribution in [0.25, 0.3) is 0 Å². The van der Waals surface area contributed by atoms with Crippen LogP contribution in [0.15, 0.2) is 0 Å². The van der Waals surface area contributed by atoms with Gasteiger partial charge in [-0.2, -0.15) is 0 Å². The summed E-state index contributed by atoms with van der Waals surface area (Å²) in [7, 11) is 0. The van der Waals surface area contributed by atoms with Gasteiger partial charge in [-0.05, 0) is 23.7 Å². The second kappa shape index (κ2) is 5.49. The van der Waals surface area contributed by atoms with Gasteiger partial charge >= 0.3 is 11.9 Å². The lowest BCUT2D eigenvalue weighted by molar-refractivity contribution is -0.159. The molecule has 1 rings (SSSR count). The van der Waals surface area contributed by atoms with Gasteiger partial charge in [-0.15, -0.1) is 0 Å². The Bertz CT molecular complexity index is 269. The second-order valence-corrected chi connectivity index (χ2v) is 5.92. The van der Waals surface area contributed by atoms with Crippen LogP contribution in [0.2, 0.25) is 0 Å². The van der Waals surface area contributed by atoms with Crippen molar-refractivity contribution >= 4 is 11.9 Å². The van der Waals surface area contributed by atoms with Gasteiger partial charge in [-0.3, -0.25) is 0 Å². The fourth-order valence-electron chi connectivity index (χ4n) is 2.37. The summed E-state index contributed by atoms with van der Waals surface area (Å²) in [6.45, 7) is 9.16. The number of hydrogen-bond donors (Lipinski definition) is 3. The van der Waals surface area contributed by atoms with E-state index in [-0.39, 0.29) is 0 Å². The molecule has 1 fully saturated rings. The molecule has 0 aromatic heterocycles. The lowest BCUT2D eigenvalue weighted by Crippen LogP contribution is -2.51. The molecule has 5 nitrogen and oxygen atoms in total. The molecular formula is C12H23NO4. The van der Waals surface area contributed by atoms with Gasteiger partial charge in [-0.1, -0.05) is 34.1 Å². The molecule has 1 aliphatic rings. The third kappa shape index (κ3) is 4.73. The van der Waals surface area contributed by atoms with Crippen LogP contribution in [0, 0.1) is 10.8 Å². The van der Waals surface area contributed by atoms with Crippen molar-refractivity contribution in [3.8, 4) is 0 Å². The number of aliphatic carboxylic acids is 2. The molecule has 0 spiro atoms. The number of nitrogens with two attached hydrogens (primary N) is 1. The fourth-order valence-corrected chi connectivity index (χ4v) is 2.37. The van der Waals surface area contributed by atoms with Crippen LogP contribution >= 0.6 is 0 Å². The molecule has 0 heterocycles. The average molecular weight is 245 g/mol. The molecule has 0 atom stereocenters. The van der Waals surface area contributed by atoms with Crippen LogP contribution in [0.4, 0.5) is 0 Å². The summed E-state index contributed by atoms with van der Waals surface area (Å²) in [6, 6.07) is 0.365. The van der Waals surface area contributed by atoms with Gasteiger partial charge in [0.15, 0.2) is 0 Å². The second-order valence-electron chi connectivity index (χ2n) is 5.92. The minimum absolute atomic E-state index is 0.349. The fraction of sp³-hybridized carbons (Fsp3) is 0.833. The summed E-state index contributed by atoms with van der Waals surface area (Å²) in [5.74, 6) is -3.65. The lowest BCUT2D eigenvalue weighted by Gasteiger charge is -2.47. The molecule has 5 heteroatoms. The Kier molecular flexibility index (Phi) is 5.13. The van der Waals surface area contributed by atoms with Crippen molar-refractivity contribution in [3.05, 3.63) is 0 Å². The van der Waals surface area contributed by atoms with Crippen molar-refractivity contribution in [3.63, 3.8) is 0 Å². The topological polar surface area (TPSA) is 101 Å². The summed E-state index contributed by atoms with van der Waals surface area (Å²) in [4.78, 5) is 18.2. The van der Waals surface area contributed by atoms with Crippen LogP contribution in [-0.4, -0.2) is 28.2 Å². The smallest absolute Gasteiger partial charge is 0.414 e. The molecular weight excluding hydrogens is 222 g/mol. The Labute approximate surface area is 102 Å². The van der Waals surface area contributed by atoms with Crippen LogP contribution < -0.4 is 5.73 Å². The van der Waals surface area contributed by atoms with Gasteiger partial charge in [0.1, 0.15) is 0 Å². The first-order valence-electron chi connectivity index (χ1n) is 5.72. The molecule has 4 N–H and O–H groups in total. The number of rotatable bonds is 0. The van der Waals surface area contributed by atoms with Crippen LogP contribution in [-0.2, 0) is 9.59 Å². The first-order chi connectivity index (χ1) is 7.50. The van der Waals surface area contributed by atoms with E-state index in [0.29, 0.717) is 16.9 Å². The third-order valence-electron chi connectivity index (χ3n) is 3.51. The van der Waals surface area contributed by atoms with E-state index in [1.165, 1.54) is 19.3 Å². The maximum Gasteiger partial charge on any atom is 0.414 e. The minimum Gasteiger partial charge on any atom is -0.473 e. The predicted octanol–water partition coefficient (Wildman–Crippen LogP) is 1.71. The van der Waals surface area contributed by atoms with E-state index in [1.807, 2.05) is 0 Å². The van der Waals surface area contributed by atoms with Crippen LogP contribution in [0.1, 0.15) is 47.0 Å². The third-order valence-corrected chi connectivity index (χ3v) is 3.51. The van der Waals surface area contributed by atoms with Gasteiger partial charge in [0.05, 0.1) is 0 Å². The highest BCUT2D eigenvalue weighted by Gasteiger charge is 2.41. The highest BCUT2D eigenvalue weighted by Crippen LogP contribution is 2.44. The maximum atomic E-state index is 9.10. The maximum absolute atomic E-state index is 9.10. The zero-order chi connectivity index (χ0) is 13.9. The quantitative estimate of drug-likeness (QED) is 0.564. The van der Waals surface area contributed by atoms with E-state index in [0.717, 1.165) is 0 Å². The Morgan fingerprint density at radius 3 is 1.47 bits per heavy atom. The van der Waals surface area contributed by atoms with E-state index in [2.05, 4.69) is 27.7 Å². The summed E-state index contributed by atoms with van der Waals surface area (Å²) in [6.07, 6.45) is 3.92. The van der Waals surface area contributed by atoms with Crippen molar-refractivity contribution in [2.75, 3.05) is 0 Å². The number of carbonyl (C=O) groups is 2. The van der Waals surface area contributed by atoms with Crippen molar-refractivity contribution in [2.45, 2.75) is 53.0 Å². The molecule has 100 valence electrons. The normalized spacial score (nSPS) is 22.2. The van der Waals surface area contributed by atoms with Crippen molar-refractivity contribution in [2.24, 2.45) is 16.6 Å². The molecule has 0 aromatic rings. The molecule has 1 saturated carbocycles. The lowest BCUT2D eigenvalue weighted by atomic mass is 9.62. The highest BCUT2D eigenvalue weighted by molar-refractivity contribution is 6.27. The number of carboxylic acid groups (broad SMARTS) is 2. The summed E-state index contributed by atoms with van der Waals surface area (Å²) in [5, 5.41) is 14.8. The van der Waals surface area contributed by atoms with Crippen LogP contribution in [0.5, 0.6) is 0 Å². The Morgan fingerprint density at radius 2 is 1.29 bits per heavy atom. The van der Waals surface area contributed by atoms with Crippen molar-refractivity contribution in [1.82, 2.24) is 0 Å². The largest absolute Gasteiger partial charge is 0.473 e. The van der Waals surface area contributed by atoms with Gasteiger partial charge in [0.25, 0.3) is 0 Å². The number of hydrogen-bond acceptors (Lipinski definition) is 3. The first kappa shape index (κ1) is 15.9. The van der Waals surface area contributed by atoms with E-state index < -0.39 is 11.9 Å². The average Bonchev–Trinajstić information content (AvgIpc) is 2.14.